The van der Waals surface area contributed by atoms with Crippen molar-refractivity contribution in [1.82, 2.24) is 20.4 Å². The Hall–Kier alpha value is -2.45. The first-order chi connectivity index (χ1) is 14.5. The lowest BCUT2D eigenvalue weighted by molar-refractivity contribution is -0.138. The van der Waals surface area contributed by atoms with E-state index in [0.29, 0.717) is 26.0 Å². The minimum atomic E-state index is -0.846. The molecule has 4 amide bonds. The van der Waals surface area contributed by atoms with E-state index in [0.717, 1.165) is 37.4 Å². The zero-order valence-corrected chi connectivity index (χ0v) is 17.4. The normalized spacial score (nSPS) is 24.8. The van der Waals surface area contributed by atoms with Crippen LogP contribution in [-0.2, 0) is 20.9 Å². The number of rotatable bonds is 6. The van der Waals surface area contributed by atoms with Gasteiger partial charge in [-0.25, -0.2) is 9.69 Å². The van der Waals surface area contributed by atoms with Crippen LogP contribution >= 0.6 is 0 Å². The molecule has 30 heavy (non-hydrogen) atoms. The highest BCUT2D eigenvalue weighted by Gasteiger charge is 2.54. The molecule has 162 valence electrons. The quantitative estimate of drug-likeness (QED) is 0.684. The highest BCUT2D eigenvalue weighted by Crippen LogP contribution is 2.35. The van der Waals surface area contributed by atoms with Gasteiger partial charge in [0.1, 0.15) is 11.6 Å². The molecule has 8 heteroatoms. The van der Waals surface area contributed by atoms with Gasteiger partial charge in [-0.3, -0.25) is 14.5 Å². The minimum Gasteiger partial charge on any atom is -0.374 e. The summed E-state index contributed by atoms with van der Waals surface area (Å²) in [6.45, 7) is 4.97. The smallest absolute Gasteiger partial charge is 0.325 e. The maximum atomic E-state index is 12.8. The van der Waals surface area contributed by atoms with E-state index in [2.05, 4.69) is 27.7 Å². The number of amides is 4. The molecule has 4 rings (SSSR count). The van der Waals surface area contributed by atoms with Crippen molar-refractivity contribution in [1.29, 1.82) is 0 Å². The Morgan fingerprint density at radius 2 is 2.00 bits per heavy atom. The summed E-state index contributed by atoms with van der Waals surface area (Å²) in [5, 5.41) is 5.69. The summed E-state index contributed by atoms with van der Waals surface area (Å²) >= 11 is 0. The van der Waals surface area contributed by atoms with Gasteiger partial charge < -0.3 is 15.4 Å². The van der Waals surface area contributed by atoms with Crippen molar-refractivity contribution in [3.63, 3.8) is 0 Å². The second-order valence-corrected chi connectivity index (χ2v) is 8.53. The van der Waals surface area contributed by atoms with E-state index in [4.69, 9.17) is 4.74 Å². The second kappa shape index (κ2) is 8.73. The molecule has 2 unspecified atom stereocenters. The van der Waals surface area contributed by atoms with E-state index >= 15 is 0 Å². The minimum absolute atomic E-state index is 0.122. The number of carbonyl (C=O) groups excluding carboxylic acids is 3. The van der Waals surface area contributed by atoms with Gasteiger partial charge in [0.15, 0.2) is 0 Å². The molecule has 3 fully saturated rings. The molecule has 2 aliphatic heterocycles. The molecule has 1 aromatic carbocycles. The number of benzene rings is 1. The molecule has 0 radical (unpaired) electrons. The molecule has 2 N–H and O–H groups in total. The fraction of sp³-hybridized carbons (Fsp3) is 0.591. The summed E-state index contributed by atoms with van der Waals surface area (Å²) in [7, 11) is 0. The number of nitrogens with zero attached hydrogens (tertiary/aromatic N) is 2. The Labute approximate surface area is 176 Å². The van der Waals surface area contributed by atoms with Crippen LogP contribution in [0.15, 0.2) is 30.3 Å². The van der Waals surface area contributed by atoms with E-state index in [9.17, 15) is 14.4 Å². The van der Waals surface area contributed by atoms with Gasteiger partial charge >= 0.3 is 6.03 Å². The van der Waals surface area contributed by atoms with E-state index < -0.39 is 17.6 Å². The number of carbonyl (C=O) groups is 3. The van der Waals surface area contributed by atoms with E-state index in [-0.39, 0.29) is 17.9 Å². The predicted octanol–water partition coefficient (Wildman–Crippen LogP) is 1.26. The molecule has 2 heterocycles. The number of hydrogen-bond acceptors (Lipinski definition) is 5. The second-order valence-electron chi connectivity index (χ2n) is 8.53. The third kappa shape index (κ3) is 4.20. The van der Waals surface area contributed by atoms with Crippen LogP contribution in [0.1, 0.15) is 38.2 Å². The molecule has 1 saturated carbocycles. The van der Waals surface area contributed by atoms with Crippen LogP contribution in [0.3, 0.4) is 0 Å². The van der Waals surface area contributed by atoms with Gasteiger partial charge in [-0.2, -0.15) is 0 Å². The Balaban J connectivity index is 1.28. The van der Waals surface area contributed by atoms with Gasteiger partial charge in [-0.1, -0.05) is 43.2 Å². The number of morpholine rings is 1. The molecular formula is C22H30N4O4. The summed E-state index contributed by atoms with van der Waals surface area (Å²) in [4.78, 5) is 41.3. The van der Waals surface area contributed by atoms with E-state index in [1.165, 1.54) is 5.56 Å². The molecule has 0 aromatic heterocycles. The summed E-state index contributed by atoms with van der Waals surface area (Å²) in [5.74, 6) is -0.604. The number of imide groups is 1. The Bertz CT molecular complexity index is 794. The fourth-order valence-electron chi connectivity index (χ4n) is 4.68. The van der Waals surface area contributed by atoms with Crippen LogP contribution in [-0.4, -0.2) is 71.6 Å². The third-order valence-corrected chi connectivity index (χ3v) is 6.39. The van der Waals surface area contributed by atoms with Gasteiger partial charge in [-0.15, -0.1) is 0 Å². The third-order valence-electron chi connectivity index (χ3n) is 6.39. The number of urea groups is 1. The molecule has 3 aliphatic rings. The van der Waals surface area contributed by atoms with Crippen LogP contribution in [0, 0.1) is 0 Å². The maximum Gasteiger partial charge on any atom is 0.325 e. The number of nitrogens with one attached hydrogen (secondary N) is 2. The molecule has 0 bridgehead atoms. The van der Waals surface area contributed by atoms with Gasteiger partial charge in [0.2, 0.25) is 5.91 Å². The highest BCUT2D eigenvalue weighted by molar-refractivity contribution is 6.09. The van der Waals surface area contributed by atoms with Crippen LogP contribution in [0.4, 0.5) is 4.79 Å². The number of ether oxygens (including phenoxy) is 1. The molecule has 1 spiro atoms. The van der Waals surface area contributed by atoms with Crippen LogP contribution < -0.4 is 10.6 Å². The first-order valence-electron chi connectivity index (χ1n) is 10.8. The standard InChI is InChI=1S/C22H30N4O4/c1-16(26-20(28)22(24-21(26)29)9-5-6-10-22)19(27)23-13-18-15-25(11-12-30-18)14-17-7-3-2-4-8-17/h2-4,7-8,16,18H,5-6,9-15H2,1H3,(H,23,27)(H,24,29). The van der Waals surface area contributed by atoms with Gasteiger partial charge in [-0.05, 0) is 25.3 Å². The lowest BCUT2D eigenvalue weighted by Gasteiger charge is -2.33. The SMILES string of the molecule is CC(C(=O)NCC1CN(Cc2ccccc2)CCO1)N1C(=O)NC2(CCCC2)C1=O. The lowest BCUT2D eigenvalue weighted by atomic mass is 9.97. The molecule has 1 aromatic rings. The van der Waals surface area contributed by atoms with Crippen LogP contribution in [0.2, 0.25) is 0 Å². The molecule has 1 aliphatic carbocycles. The first-order valence-corrected chi connectivity index (χ1v) is 10.8. The van der Waals surface area contributed by atoms with E-state index in [1.807, 2.05) is 18.2 Å². The molecule has 8 nitrogen and oxygen atoms in total. The fourth-order valence-corrected chi connectivity index (χ4v) is 4.68. The maximum absolute atomic E-state index is 12.8. The monoisotopic (exact) mass is 414 g/mol. The zero-order valence-electron chi connectivity index (χ0n) is 17.4. The van der Waals surface area contributed by atoms with Gasteiger partial charge in [0.25, 0.3) is 5.91 Å². The lowest BCUT2D eigenvalue weighted by Crippen LogP contribution is -2.52. The largest absolute Gasteiger partial charge is 0.374 e. The predicted molar refractivity (Wildman–Crippen MR) is 111 cm³/mol. The summed E-state index contributed by atoms with van der Waals surface area (Å²) in [5.41, 5.74) is 0.450. The molecule has 2 atom stereocenters. The van der Waals surface area contributed by atoms with Crippen molar-refractivity contribution in [3.05, 3.63) is 35.9 Å². The Morgan fingerprint density at radius 3 is 2.73 bits per heavy atom. The molecule has 2 saturated heterocycles. The summed E-state index contributed by atoms with van der Waals surface area (Å²) in [6, 6.07) is 8.95. The zero-order chi connectivity index (χ0) is 21.1. The van der Waals surface area contributed by atoms with Crippen molar-refractivity contribution in [3.8, 4) is 0 Å². The summed E-state index contributed by atoms with van der Waals surface area (Å²) < 4.78 is 5.80. The van der Waals surface area contributed by atoms with Crippen LogP contribution in [0.5, 0.6) is 0 Å². The van der Waals surface area contributed by atoms with Crippen molar-refractivity contribution >= 4 is 17.8 Å². The van der Waals surface area contributed by atoms with E-state index in [1.54, 1.807) is 6.92 Å². The molecular weight excluding hydrogens is 384 g/mol. The average molecular weight is 415 g/mol. The van der Waals surface area contributed by atoms with Crippen molar-refractivity contribution in [2.45, 2.75) is 56.8 Å². The topological polar surface area (TPSA) is 91.0 Å². The summed E-state index contributed by atoms with van der Waals surface area (Å²) in [6.07, 6.45) is 3.01. The first kappa shape index (κ1) is 20.8. The van der Waals surface area contributed by atoms with Gasteiger partial charge in [0, 0.05) is 26.2 Å². The Morgan fingerprint density at radius 1 is 1.27 bits per heavy atom. The van der Waals surface area contributed by atoms with Gasteiger partial charge in [0.05, 0.1) is 12.7 Å². The Kier molecular flexibility index (Phi) is 6.06. The van der Waals surface area contributed by atoms with Crippen molar-refractivity contribution in [2.24, 2.45) is 0 Å². The van der Waals surface area contributed by atoms with Crippen molar-refractivity contribution < 1.29 is 19.1 Å². The number of hydrogen-bond donors (Lipinski definition) is 2. The average Bonchev–Trinajstić information content (AvgIpc) is 3.31. The van der Waals surface area contributed by atoms with Crippen molar-refractivity contribution in [2.75, 3.05) is 26.2 Å². The van der Waals surface area contributed by atoms with Crippen LogP contribution in [0.25, 0.3) is 0 Å². The highest BCUT2D eigenvalue weighted by atomic mass is 16.5.